The van der Waals surface area contributed by atoms with Crippen molar-refractivity contribution < 1.29 is 0 Å². The van der Waals surface area contributed by atoms with E-state index in [1.165, 1.54) is 43.5 Å². The smallest absolute Gasteiger partial charge is 0.0445 e. The minimum absolute atomic E-state index is 0.678. The number of hydrogen-bond acceptors (Lipinski definition) is 3. The molecule has 0 amide bonds. The van der Waals surface area contributed by atoms with E-state index in [4.69, 9.17) is 0 Å². The van der Waals surface area contributed by atoms with E-state index in [1.807, 2.05) is 12.4 Å². The first-order valence-electron chi connectivity index (χ1n) is 6.77. The summed E-state index contributed by atoms with van der Waals surface area (Å²) >= 11 is 0. The molecular formula is C14H21N3. The maximum atomic E-state index is 4.27. The molecule has 92 valence electrons. The van der Waals surface area contributed by atoms with Gasteiger partial charge in [0.25, 0.3) is 0 Å². The van der Waals surface area contributed by atoms with E-state index >= 15 is 0 Å². The van der Waals surface area contributed by atoms with E-state index in [2.05, 4.69) is 28.2 Å². The highest BCUT2D eigenvalue weighted by Crippen LogP contribution is 2.28. The Kier molecular flexibility index (Phi) is 3.02. The summed E-state index contributed by atoms with van der Waals surface area (Å²) in [5, 5.41) is 3.58. The summed E-state index contributed by atoms with van der Waals surface area (Å²) in [6.07, 6.45) is 9.26. The third kappa shape index (κ3) is 2.44. The van der Waals surface area contributed by atoms with Crippen LogP contribution in [0.3, 0.4) is 0 Å². The highest BCUT2D eigenvalue weighted by Gasteiger charge is 2.24. The monoisotopic (exact) mass is 231 g/mol. The Hall–Kier alpha value is -1.09. The van der Waals surface area contributed by atoms with Crippen LogP contribution in [0.1, 0.15) is 38.2 Å². The van der Waals surface area contributed by atoms with Crippen LogP contribution in [0.25, 0.3) is 0 Å². The number of aromatic nitrogens is 1. The summed E-state index contributed by atoms with van der Waals surface area (Å²) in [5.41, 5.74) is 2.74. The van der Waals surface area contributed by atoms with Crippen molar-refractivity contribution in [3.8, 4) is 0 Å². The summed E-state index contributed by atoms with van der Waals surface area (Å²) in [4.78, 5) is 6.81. The molecule has 0 bridgehead atoms. The van der Waals surface area contributed by atoms with Gasteiger partial charge < -0.3 is 10.2 Å². The molecule has 1 aromatic heterocycles. The third-order valence-corrected chi connectivity index (χ3v) is 3.90. The second kappa shape index (κ2) is 4.65. The van der Waals surface area contributed by atoms with Gasteiger partial charge in [-0.25, -0.2) is 0 Å². The highest BCUT2D eigenvalue weighted by atomic mass is 15.2. The van der Waals surface area contributed by atoms with Crippen molar-refractivity contribution >= 4 is 5.69 Å². The van der Waals surface area contributed by atoms with Gasteiger partial charge in [-0.1, -0.05) is 0 Å². The van der Waals surface area contributed by atoms with Crippen molar-refractivity contribution in [1.29, 1.82) is 0 Å². The van der Waals surface area contributed by atoms with Crippen molar-refractivity contribution in [2.24, 2.45) is 0 Å². The van der Waals surface area contributed by atoms with Crippen LogP contribution in [0.4, 0.5) is 5.69 Å². The molecule has 1 saturated heterocycles. The highest BCUT2D eigenvalue weighted by molar-refractivity contribution is 5.53. The van der Waals surface area contributed by atoms with E-state index in [0.29, 0.717) is 6.04 Å². The Morgan fingerprint density at radius 2 is 2.29 bits per heavy atom. The Morgan fingerprint density at radius 1 is 1.41 bits per heavy atom. The second-order valence-electron chi connectivity index (χ2n) is 5.34. The molecule has 1 atom stereocenters. The molecule has 1 N–H and O–H groups in total. The number of nitrogens with one attached hydrogen (secondary N) is 1. The van der Waals surface area contributed by atoms with Gasteiger partial charge in [0.1, 0.15) is 0 Å². The van der Waals surface area contributed by atoms with E-state index in [9.17, 15) is 0 Å². The van der Waals surface area contributed by atoms with Crippen molar-refractivity contribution in [3.05, 3.63) is 24.0 Å². The van der Waals surface area contributed by atoms with Crippen LogP contribution in [-0.2, 0) is 6.54 Å². The molecule has 3 rings (SSSR count). The lowest BCUT2D eigenvalue weighted by Gasteiger charge is -2.26. The number of hydrogen-bond donors (Lipinski definition) is 1. The molecule has 0 spiro atoms. The Balaban J connectivity index is 1.76. The summed E-state index contributed by atoms with van der Waals surface area (Å²) < 4.78 is 0. The molecule has 3 nitrogen and oxygen atoms in total. The minimum Gasteiger partial charge on any atom is -0.368 e. The maximum absolute atomic E-state index is 4.27. The van der Waals surface area contributed by atoms with Crippen LogP contribution in [0.2, 0.25) is 0 Å². The fourth-order valence-corrected chi connectivity index (χ4v) is 2.67. The van der Waals surface area contributed by atoms with Crippen molar-refractivity contribution in [2.45, 2.75) is 51.2 Å². The van der Waals surface area contributed by atoms with Crippen LogP contribution in [0.15, 0.2) is 18.5 Å². The van der Waals surface area contributed by atoms with E-state index in [0.717, 1.165) is 12.6 Å². The molecule has 1 saturated carbocycles. The number of nitrogens with zero attached hydrogens (tertiary/aromatic N) is 2. The molecule has 1 aliphatic carbocycles. The molecule has 17 heavy (non-hydrogen) atoms. The van der Waals surface area contributed by atoms with Crippen LogP contribution < -0.4 is 10.2 Å². The van der Waals surface area contributed by atoms with Gasteiger partial charge in [-0.3, -0.25) is 4.98 Å². The van der Waals surface area contributed by atoms with Crippen molar-refractivity contribution in [2.75, 3.05) is 11.4 Å². The first-order chi connectivity index (χ1) is 8.34. The Bertz CT molecular complexity index is 387. The number of rotatable bonds is 4. The average molecular weight is 231 g/mol. The minimum atomic E-state index is 0.678. The first kappa shape index (κ1) is 11.0. The second-order valence-corrected chi connectivity index (χ2v) is 5.34. The quantitative estimate of drug-likeness (QED) is 0.862. The average Bonchev–Trinajstić information content (AvgIpc) is 3.09. The first-order valence-corrected chi connectivity index (χ1v) is 6.77. The summed E-state index contributed by atoms with van der Waals surface area (Å²) in [6, 6.07) is 3.61. The van der Waals surface area contributed by atoms with Gasteiger partial charge in [0.05, 0.1) is 0 Å². The fraction of sp³-hybridized carbons (Fsp3) is 0.643. The molecule has 1 aromatic rings. The molecule has 2 heterocycles. The molecule has 0 radical (unpaired) electrons. The Morgan fingerprint density at radius 3 is 3.00 bits per heavy atom. The molecule has 1 unspecified atom stereocenters. The summed E-state index contributed by atoms with van der Waals surface area (Å²) in [7, 11) is 0. The molecule has 1 aliphatic heterocycles. The topological polar surface area (TPSA) is 28.2 Å². The van der Waals surface area contributed by atoms with Gasteiger partial charge in [0.15, 0.2) is 0 Å². The van der Waals surface area contributed by atoms with Crippen LogP contribution >= 0.6 is 0 Å². The SMILES string of the molecule is CC1CCCN1c1ccncc1CNC1CC1. The van der Waals surface area contributed by atoms with Crippen molar-refractivity contribution in [1.82, 2.24) is 10.3 Å². The normalized spacial score (nSPS) is 24.3. The van der Waals surface area contributed by atoms with E-state index < -0.39 is 0 Å². The van der Waals surface area contributed by atoms with E-state index in [-0.39, 0.29) is 0 Å². The van der Waals surface area contributed by atoms with Gasteiger partial charge in [-0.2, -0.15) is 0 Å². The lowest BCUT2D eigenvalue weighted by Crippen LogP contribution is -2.28. The zero-order valence-corrected chi connectivity index (χ0v) is 10.5. The molecule has 2 aliphatic rings. The predicted octanol–water partition coefficient (Wildman–Crippen LogP) is 2.32. The van der Waals surface area contributed by atoms with Crippen LogP contribution in [0, 0.1) is 0 Å². The summed E-state index contributed by atoms with van der Waals surface area (Å²) in [6.45, 7) is 4.49. The summed E-state index contributed by atoms with van der Waals surface area (Å²) in [5.74, 6) is 0. The maximum Gasteiger partial charge on any atom is 0.0445 e. The number of pyridine rings is 1. The lowest BCUT2D eigenvalue weighted by atomic mass is 10.2. The lowest BCUT2D eigenvalue weighted by molar-refractivity contribution is 0.676. The van der Waals surface area contributed by atoms with Gasteiger partial charge in [0.2, 0.25) is 0 Å². The molecule has 0 aromatic carbocycles. The standard InChI is InChI=1S/C14H21N3/c1-11-3-2-8-17(11)14-6-7-15-9-12(14)10-16-13-4-5-13/h6-7,9,11,13,16H,2-5,8,10H2,1H3. The van der Waals surface area contributed by atoms with E-state index in [1.54, 1.807) is 0 Å². The van der Waals surface area contributed by atoms with Gasteiger partial charge in [-0.15, -0.1) is 0 Å². The third-order valence-electron chi connectivity index (χ3n) is 3.90. The van der Waals surface area contributed by atoms with Gasteiger partial charge >= 0.3 is 0 Å². The largest absolute Gasteiger partial charge is 0.368 e. The van der Waals surface area contributed by atoms with Crippen molar-refractivity contribution in [3.63, 3.8) is 0 Å². The zero-order valence-electron chi connectivity index (χ0n) is 10.5. The number of anilines is 1. The van der Waals surface area contributed by atoms with Gasteiger partial charge in [-0.05, 0) is 38.7 Å². The van der Waals surface area contributed by atoms with Gasteiger partial charge in [0, 0.05) is 48.8 Å². The van der Waals surface area contributed by atoms with Crippen LogP contribution in [0.5, 0.6) is 0 Å². The zero-order chi connectivity index (χ0) is 11.7. The molecular weight excluding hydrogens is 210 g/mol. The molecule has 3 heteroatoms. The van der Waals surface area contributed by atoms with Crippen LogP contribution in [-0.4, -0.2) is 23.6 Å². The predicted molar refractivity (Wildman–Crippen MR) is 70.1 cm³/mol. The fourth-order valence-electron chi connectivity index (χ4n) is 2.67. The Labute approximate surface area is 103 Å². The molecule has 2 fully saturated rings.